The van der Waals surface area contributed by atoms with Crippen LogP contribution in [0.1, 0.15) is 26.0 Å². The molecule has 3 rings (SSSR count). The lowest BCUT2D eigenvalue weighted by molar-refractivity contribution is -0.0171. The van der Waals surface area contributed by atoms with Crippen LogP contribution in [0.25, 0.3) is 10.9 Å². The molecule has 0 saturated carbocycles. The van der Waals surface area contributed by atoms with E-state index in [0.29, 0.717) is 11.2 Å². The molecule has 0 aliphatic carbocycles. The molecule has 1 fully saturated rings. The summed E-state index contributed by atoms with van der Waals surface area (Å²) >= 11 is 0. The average Bonchev–Trinajstić information content (AvgIpc) is 2.53. The number of nitrogens with zero attached hydrogens (tertiary/aromatic N) is 4. The van der Waals surface area contributed by atoms with Gasteiger partial charge in [-0.25, -0.2) is 4.98 Å². The molecule has 3 heterocycles. The van der Waals surface area contributed by atoms with E-state index in [4.69, 9.17) is 4.74 Å². The number of hydrogen-bond donors (Lipinski definition) is 0. The third-order valence-electron chi connectivity index (χ3n) is 3.85. The first-order valence-corrected chi connectivity index (χ1v) is 7.27. The fraction of sp³-hybridized carbons (Fsp3) is 0.438. The lowest BCUT2D eigenvalue weighted by Gasteiger charge is -2.38. The van der Waals surface area contributed by atoms with Crippen molar-refractivity contribution in [2.75, 3.05) is 18.0 Å². The predicted molar refractivity (Wildman–Crippen MR) is 81.1 cm³/mol. The van der Waals surface area contributed by atoms with Crippen molar-refractivity contribution in [1.29, 1.82) is 5.26 Å². The summed E-state index contributed by atoms with van der Waals surface area (Å²) < 4.78 is 5.91. The van der Waals surface area contributed by atoms with E-state index in [0.717, 1.165) is 30.6 Å². The van der Waals surface area contributed by atoms with E-state index in [2.05, 4.69) is 34.8 Å². The Bertz CT molecular complexity index is 694. The van der Waals surface area contributed by atoms with Crippen LogP contribution >= 0.6 is 0 Å². The van der Waals surface area contributed by atoms with Gasteiger partial charge in [-0.1, -0.05) is 6.92 Å². The number of pyridine rings is 2. The van der Waals surface area contributed by atoms with Crippen LogP contribution in [0.2, 0.25) is 0 Å². The molecule has 0 radical (unpaired) electrons. The lowest BCUT2D eigenvalue weighted by atomic mass is 10.1. The van der Waals surface area contributed by atoms with E-state index in [-0.39, 0.29) is 12.2 Å². The summed E-state index contributed by atoms with van der Waals surface area (Å²) in [6.45, 7) is 5.90. The van der Waals surface area contributed by atoms with Crippen molar-refractivity contribution in [3.63, 3.8) is 0 Å². The highest BCUT2D eigenvalue weighted by Gasteiger charge is 2.25. The third-order valence-corrected chi connectivity index (χ3v) is 3.85. The summed E-state index contributed by atoms with van der Waals surface area (Å²) in [7, 11) is 0. The molecule has 1 aliphatic rings. The number of morpholine rings is 1. The van der Waals surface area contributed by atoms with Crippen molar-refractivity contribution < 1.29 is 4.74 Å². The SMILES string of the molecule is CC[C@H]1CN(c2cnc(C#N)c3ncccc23)CC(C)O1. The number of anilines is 1. The quantitative estimate of drug-likeness (QED) is 0.847. The number of fused-ring (bicyclic) bond motifs is 1. The molecule has 2 aromatic heterocycles. The summed E-state index contributed by atoms with van der Waals surface area (Å²) in [5.74, 6) is 0. The van der Waals surface area contributed by atoms with Gasteiger partial charge in [-0.15, -0.1) is 0 Å². The minimum Gasteiger partial charge on any atom is -0.372 e. The van der Waals surface area contributed by atoms with Crippen molar-refractivity contribution in [2.24, 2.45) is 0 Å². The van der Waals surface area contributed by atoms with Crippen molar-refractivity contribution in [3.05, 3.63) is 30.2 Å². The first-order chi connectivity index (χ1) is 10.2. The monoisotopic (exact) mass is 282 g/mol. The zero-order valence-corrected chi connectivity index (χ0v) is 12.3. The van der Waals surface area contributed by atoms with Gasteiger partial charge in [0.1, 0.15) is 11.6 Å². The zero-order chi connectivity index (χ0) is 14.8. The summed E-state index contributed by atoms with van der Waals surface area (Å²) in [6.07, 6.45) is 4.89. The lowest BCUT2D eigenvalue weighted by Crippen LogP contribution is -2.46. The molecule has 5 nitrogen and oxygen atoms in total. The summed E-state index contributed by atoms with van der Waals surface area (Å²) in [6, 6.07) is 6.01. The number of aromatic nitrogens is 2. The van der Waals surface area contributed by atoms with Crippen LogP contribution in [-0.2, 0) is 4.74 Å². The standard InChI is InChI=1S/C16H18N4O/c1-3-12-10-20(9-11(2)21-12)15-8-19-14(7-17)16-13(15)5-4-6-18-16/h4-6,8,11-12H,3,9-10H2,1-2H3/t11?,12-/m0/s1. The maximum atomic E-state index is 9.17. The second-order valence-electron chi connectivity index (χ2n) is 5.39. The van der Waals surface area contributed by atoms with E-state index >= 15 is 0 Å². The Morgan fingerprint density at radius 2 is 2.29 bits per heavy atom. The molecule has 0 spiro atoms. The van der Waals surface area contributed by atoms with Crippen LogP contribution in [0.5, 0.6) is 0 Å². The normalized spacial score (nSPS) is 22.2. The Kier molecular flexibility index (Phi) is 3.72. The van der Waals surface area contributed by atoms with Gasteiger partial charge in [-0.05, 0) is 25.5 Å². The van der Waals surface area contributed by atoms with Gasteiger partial charge in [0.2, 0.25) is 0 Å². The number of nitriles is 1. The second-order valence-corrected chi connectivity index (χ2v) is 5.39. The van der Waals surface area contributed by atoms with Crippen LogP contribution < -0.4 is 4.90 Å². The molecule has 1 aliphatic heterocycles. The molecule has 2 atom stereocenters. The fourth-order valence-corrected chi connectivity index (χ4v) is 2.86. The maximum absolute atomic E-state index is 9.17. The number of hydrogen-bond acceptors (Lipinski definition) is 5. The smallest absolute Gasteiger partial charge is 0.166 e. The Morgan fingerprint density at radius 1 is 1.43 bits per heavy atom. The maximum Gasteiger partial charge on any atom is 0.166 e. The van der Waals surface area contributed by atoms with Crippen molar-refractivity contribution in [1.82, 2.24) is 9.97 Å². The number of rotatable bonds is 2. The first kappa shape index (κ1) is 13.8. The minimum atomic E-state index is 0.186. The van der Waals surface area contributed by atoms with Crippen LogP contribution in [0.15, 0.2) is 24.5 Å². The molecule has 1 unspecified atom stereocenters. The zero-order valence-electron chi connectivity index (χ0n) is 12.3. The van der Waals surface area contributed by atoms with Gasteiger partial charge in [0.15, 0.2) is 5.69 Å². The summed E-state index contributed by atoms with van der Waals surface area (Å²) in [5.41, 5.74) is 2.08. The highest BCUT2D eigenvalue weighted by atomic mass is 16.5. The van der Waals surface area contributed by atoms with E-state index < -0.39 is 0 Å². The van der Waals surface area contributed by atoms with Gasteiger partial charge >= 0.3 is 0 Å². The Labute approximate surface area is 124 Å². The molecule has 2 aromatic rings. The van der Waals surface area contributed by atoms with Gasteiger partial charge in [0, 0.05) is 24.7 Å². The Balaban J connectivity index is 2.07. The Morgan fingerprint density at radius 3 is 3.05 bits per heavy atom. The van der Waals surface area contributed by atoms with Crippen LogP contribution in [0.4, 0.5) is 5.69 Å². The van der Waals surface area contributed by atoms with Gasteiger partial charge in [0.25, 0.3) is 0 Å². The topological polar surface area (TPSA) is 62.0 Å². The third kappa shape index (κ3) is 2.55. The van der Waals surface area contributed by atoms with Crippen molar-refractivity contribution in [3.8, 4) is 6.07 Å². The molecule has 21 heavy (non-hydrogen) atoms. The molecular formula is C16H18N4O. The van der Waals surface area contributed by atoms with Crippen LogP contribution in [0.3, 0.4) is 0 Å². The van der Waals surface area contributed by atoms with Gasteiger partial charge in [-0.3, -0.25) is 4.98 Å². The molecule has 0 N–H and O–H groups in total. The molecular weight excluding hydrogens is 264 g/mol. The largest absolute Gasteiger partial charge is 0.372 e. The van der Waals surface area contributed by atoms with E-state index in [9.17, 15) is 5.26 Å². The van der Waals surface area contributed by atoms with Gasteiger partial charge in [0.05, 0.1) is 24.1 Å². The average molecular weight is 282 g/mol. The molecule has 1 saturated heterocycles. The Hall–Kier alpha value is -2.19. The highest BCUT2D eigenvalue weighted by Crippen LogP contribution is 2.29. The molecule has 0 aromatic carbocycles. The van der Waals surface area contributed by atoms with E-state index in [1.54, 1.807) is 12.4 Å². The van der Waals surface area contributed by atoms with Gasteiger partial charge in [-0.2, -0.15) is 5.26 Å². The molecule has 5 heteroatoms. The van der Waals surface area contributed by atoms with Crippen molar-refractivity contribution >= 4 is 16.6 Å². The summed E-state index contributed by atoms with van der Waals surface area (Å²) in [5, 5.41) is 10.2. The highest BCUT2D eigenvalue weighted by molar-refractivity contribution is 5.93. The number of ether oxygens (including phenoxy) is 1. The predicted octanol–water partition coefficient (Wildman–Crippen LogP) is 2.51. The van der Waals surface area contributed by atoms with E-state index in [1.807, 2.05) is 12.1 Å². The van der Waals surface area contributed by atoms with Crippen LogP contribution in [-0.4, -0.2) is 35.3 Å². The molecule has 0 bridgehead atoms. The van der Waals surface area contributed by atoms with Crippen molar-refractivity contribution in [2.45, 2.75) is 32.5 Å². The second kappa shape index (κ2) is 5.66. The minimum absolute atomic E-state index is 0.186. The van der Waals surface area contributed by atoms with Gasteiger partial charge < -0.3 is 9.64 Å². The summed E-state index contributed by atoms with van der Waals surface area (Å²) in [4.78, 5) is 10.9. The van der Waals surface area contributed by atoms with Crippen LogP contribution in [0, 0.1) is 11.3 Å². The van der Waals surface area contributed by atoms with E-state index in [1.165, 1.54) is 0 Å². The molecule has 0 amide bonds. The molecule has 108 valence electrons. The fourth-order valence-electron chi connectivity index (χ4n) is 2.86. The first-order valence-electron chi connectivity index (χ1n) is 7.27.